The third-order valence-electron chi connectivity index (χ3n) is 4.74. The molecule has 0 bridgehead atoms. The Balaban J connectivity index is 1.81. The molecule has 0 spiro atoms. The van der Waals surface area contributed by atoms with Crippen molar-refractivity contribution < 1.29 is 0 Å². The Morgan fingerprint density at radius 2 is 1.44 bits per heavy atom. The van der Waals surface area contributed by atoms with Crippen LogP contribution < -0.4 is 5.32 Å². The van der Waals surface area contributed by atoms with E-state index in [0.29, 0.717) is 0 Å². The van der Waals surface area contributed by atoms with Crippen LogP contribution >= 0.6 is 0 Å². The van der Waals surface area contributed by atoms with Gasteiger partial charge in [0, 0.05) is 16.8 Å². The highest BCUT2D eigenvalue weighted by atomic mass is 14.9. The van der Waals surface area contributed by atoms with Crippen molar-refractivity contribution in [2.45, 2.75) is 13.8 Å². The van der Waals surface area contributed by atoms with E-state index in [1.54, 1.807) is 0 Å². The fraction of sp³-hybridized carbons (Fsp3) is 0.0800. The third-order valence-corrected chi connectivity index (χ3v) is 4.74. The van der Waals surface area contributed by atoms with Gasteiger partial charge in [-0.1, -0.05) is 72.8 Å². The van der Waals surface area contributed by atoms with E-state index in [2.05, 4.69) is 85.9 Å². The quantitative estimate of drug-likeness (QED) is 0.457. The number of fused-ring (bicyclic) bond motifs is 1. The van der Waals surface area contributed by atoms with Gasteiger partial charge in [-0.05, 0) is 48.7 Å². The Morgan fingerprint density at radius 1 is 0.741 bits per heavy atom. The second kappa shape index (κ2) is 7.46. The topological polar surface area (TPSA) is 24.9 Å². The first-order valence-electron chi connectivity index (χ1n) is 9.17. The summed E-state index contributed by atoms with van der Waals surface area (Å²) in [6.07, 6.45) is 2.12. The highest BCUT2D eigenvalue weighted by Crippen LogP contribution is 2.26. The van der Waals surface area contributed by atoms with Crippen LogP contribution in [-0.2, 0) is 0 Å². The summed E-state index contributed by atoms with van der Waals surface area (Å²) >= 11 is 0. The monoisotopic (exact) mass is 350 g/mol. The fourth-order valence-electron chi connectivity index (χ4n) is 3.27. The van der Waals surface area contributed by atoms with Gasteiger partial charge in [0.1, 0.15) is 0 Å². The van der Waals surface area contributed by atoms with Crippen LogP contribution in [0, 0.1) is 13.8 Å². The number of nitrogens with zero attached hydrogens (tertiary/aromatic N) is 1. The van der Waals surface area contributed by atoms with E-state index >= 15 is 0 Å². The number of benzene rings is 3. The van der Waals surface area contributed by atoms with Gasteiger partial charge in [-0.25, -0.2) is 4.98 Å². The Bertz CT molecular complexity index is 1090. The Labute approximate surface area is 160 Å². The summed E-state index contributed by atoms with van der Waals surface area (Å²) in [6, 6.07) is 29.1. The molecule has 132 valence electrons. The predicted octanol–water partition coefficient (Wildman–Crippen LogP) is 6.46. The first-order valence-corrected chi connectivity index (χ1v) is 9.17. The molecule has 0 aliphatic heterocycles. The number of anilines is 1. The van der Waals surface area contributed by atoms with Crippen molar-refractivity contribution >= 4 is 28.4 Å². The summed E-state index contributed by atoms with van der Waals surface area (Å²) in [5.41, 5.74) is 7.71. The number of pyridine rings is 1. The Hall–Kier alpha value is -3.39. The van der Waals surface area contributed by atoms with Crippen molar-refractivity contribution in [3.63, 3.8) is 0 Å². The number of hydrogen-bond acceptors (Lipinski definition) is 2. The minimum Gasteiger partial charge on any atom is -0.355 e. The Kier molecular flexibility index (Phi) is 4.71. The van der Waals surface area contributed by atoms with Crippen LogP contribution in [0.15, 0.2) is 84.9 Å². The fourth-order valence-corrected chi connectivity index (χ4v) is 3.27. The van der Waals surface area contributed by atoms with Gasteiger partial charge in [-0.15, -0.1) is 0 Å². The minimum absolute atomic E-state index is 0.936. The maximum Gasteiger partial charge on any atom is 0.0709 e. The molecule has 4 rings (SSSR count). The molecule has 27 heavy (non-hydrogen) atoms. The zero-order chi connectivity index (χ0) is 18.6. The van der Waals surface area contributed by atoms with E-state index in [-0.39, 0.29) is 0 Å². The van der Waals surface area contributed by atoms with Crippen molar-refractivity contribution in [2.75, 3.05) is 5.32 Å². The summed E-state index contributed by atoms with van der Waals surface area (Å²) in [5.74, 6) is 0. The van der Waals surface area contributed by atoms with Crippen LogP contribution in [-0.4, -0.2) is 4.98 Å². The van der Waals surface area contributed by atoms with Crippen LogP contribution in [0.5, 0.6) is 0 Å². The lowest BCUT2D eigenvalue weighted by Gasteiger charge is -2.16. The van der Waals surface area contributed by atoms with Gasteiger partial charge in [0.2, 0.25) is 0 Å². The van der Waals surface area contributed by atoms with Gasteiger partial charge in [0.05, 0.1) is 11.2 Å². The van der Waals surface area contributed by atoms with E-state index in [0.717, 1.165) is 33.5 Å². The lowest BCUT2D eigenvalue weighted by atomic mass is 10.1. The smallest absolute Gasteiger partial charge is 0.0709 e. The van der Waals surface area contributed by atoms with Crippen molar-refractivity contribution in [1.29, 1.82) is 0 Å². The van der Waals surface area contributed by atoms with Crippen LogP contribution in [0.1, 0.15) is 22.4 Å². The van der Waals surface area contributed by atoms with Gasteiger partial charge >= 0.3 is 0 Å². The normalized spacial score (nSPS) is 11.6. The highest BCUT2D eigenvalue weighted by molar-refractivity contribution is 5.90. The molecule has 1 aromatic heterocycles. The molecule has 0 atom stereocenters. The molecule has 1 N–H and O–H groups in total. The molecular formula is C25H22N2. The zero-order valence-electron chi connectivity index (χ0n) is 15.6. The first-order chi connectivity index (χ1) is 13.2. The van der Waals surface area contributed by atoms with Gasteiger partial charge in [-0.2, -0.15) is 0 Å². The summed E-state index contributed by atoms with van der Waals surface area (Å²) in [6.45, 7) is 4.26. The predicted molar refractivity (Wildman–Crippen MR) is 116 cm³/mol. The molecule has 0 unspecified atom stereocenters. The average molecular weight is 350 g/mol. The Morgan fingerprint density at radius 3 is 2.22 bits per heavy atom. The maximum atomic E-state index is 4.81. The van der Waals surface area contributed by atoms with Crippen LogP contribution in [0.4, 0.5) is 5.69 Å². The third kappa shape index (κ3) is 3.75. The molecule has 0 aliphatic carbocycles. The molecule has 0 fully saturated rings. The summed E-state index contributed by atoms with van der Waals surface area (Å²) in [5, 5.41) is 4.80. The lowest BCUT2D eigenvalue weighted by molar-refractivity contribution is 1.35. The number of para-hydroxylation sites is 2. The van der Waals surface area contributed by atoms with Gasteiger partial charge < -0.3 is 5.32 Å². The first kappa shape index (κ1) is 17.0. The van der Waals surface area contributed by atoms with E-state index < -0.39 is 0 Å². The van der Waals surface area contributed by atoms with Crippen molar-refractivity contribution in [1.82, 2.24) is 4.98 Å². The van der Waals surface area contributed by atoms with E-state index in [9.17, 15) is 0 Å². The summed E-state index contributed by atoms with van der Waals surface area (Å²) < 4.78 is 0. The molecule has 0 amide bonds. The number of nitrogens with one attached hydrogen (secondary N) is 1. The van der Waals surface area contributed by atoms with Gasteiger partial charge in [0.15, 0.2) is 0 Å². The molecule has 1 heterocycles. The van der Waals surface area contributed by atoms with E-state index in [4.69, 9.17) is 4.98 Å². The standard InChI is InChI=1S/C25H22N2/c1-18-9-8-10-19(2)25(18)27-24(20-11-4-3-5-12-20)17-22-16-15-21-13-6-7-14-23(21)26-22/h3-17,27H,1-2H3/b24-17+. The van der Waals surface area contributed by atoms with Gasteiger partial charge in [-0.3, -0.25) is 0 Å². The molecule has 3 aromatic carbocycles. The number of aryl methyl sites for hydroxylation is 2. The van der Waals surface area contributed by atoms with Crippen molar-refractivity contribution in [3.05, 3.63) is 107 Å². The second-order valence-electron chi connectivity index (χ2n) is 6.74. The SMILES string of the molecule is Cc1cccc(C)c1N/C(=C/c1ccc2ccccc2n1)c1ccccc1. The second-order valence-corrected chi connectivity index (χ2v) is 6.74. The number of rotatable bonds is 4. The average Bonchev–Trinajstić information content (AvgIpc) is 2.70. The van der Waals surface area contributed by atoms with Crippen LogP contribution in [0.3, 0.4) is 0 Å². The van der Waals surface area contributed by atoms with E-state index in [1.807, 2.05) is 24.3 Å². The number of aromatic nitrogens is 1. The molecular weight excluding hydrogens is 328 g/mol. The van der Waals surface area contributed by atoms with E-state index in [1.165, 1.54) is 11.1 Å². The molecule has 4 aromatic rings. The lowest BCUT2D eigenvalue weighted by Crippen LogP contribution is -2.02. The largest absolute Gasteiger partial charge is 0.355 e. The maximum absolute atomic E-state index is 4.81. The van der Waals surface area contributed by atoms with Crippen LogP contribution in [0.25, 0.3) is 22.7 Å². The zero-order valence-corrected chi connectivity index (χ0v) is 15.6. The molecule has 2 nitrogen and oxygen atoms in total. The summed E-state index contributed by atoms with van der Waals surface area (Å²) in [4.78, 5) is 4.81. The summed E-state index contributed by atoms with van der Waals surface area (Å²) in [7, 11) is 0. The number of hydrogen-bond donors (Lipinski definition) is 1. The van der Waals surface area contributed by atoms with Crippen molar-refractivity contribution in [2.24, 2.45) is 0 Å². The minimum atomic E-state index is 0.936. The molecule has 0 radical (unpaired) electrons. The molecule has 0 aliphatic rings. The van der Waals surface area contributed by atoms with Crippen molar-refractivity contribution in [3.8, 4) is 0 Å². The molecule has 0 saturated carbocycles. The molecule has 2 heteroatoms. The van der Waals surface area contributed by atoms with Gasteiger partial charge in [0.25, 0.3) is 0 Å². The molecule has 0 saturated heterocycles. The van der Waals surface area contributed by atoms with Crippen LogP contribution in [0.2, 0.25) is 0 Å². The highest BCUT2D eigenvalue weighted by Gasteiger charge is 2.08.